The molecule has 1 aliphatic rings. The van der Waals surface area contributed by atoms with E-state index in [1.165, 1.54) is 0 Å². The van der Waals surface area contributed by atoms with E-state index in [0.29, 0.717) is 6.54 Å². The maximum atomic E-state index is 14.0. The van der Waals surface area contributed by atoms with Crippen molar-refractivity contribution < 1.29 is 22.7 Å². The van der Waals surface area contributed by atoms with Crippen LogP contribution in [0.4, 0.5) is 18.0 Å². The molecular formula is C16H21F3N2O2. The van der Waals surface area contributed by atoms with E-state index in [9.17, 15) is 18.0 Å². The smallest absolute Gasteiger partial charge is 0.408 e. The lowest BCUT2D eigenvalue weighted by atomic mass is 10.0. The molecule has 0 spiro atoms. The third-order valence-corrected chi connectivity index (χ3v) is 3.52. The molecule has 1 heterocycles. The largest absolute Gasteiger partial charge is 0.444 e. The molecule has 7 heteroatoms. The van der Waals surface area contributed by atoms with E-state index in [2.05, 4.69) is 5.32 Å². The van der Waals surface area contributed by atoms with E-state index < -0.39 is 35.2 Å². The number of carbonyl (C=O) groups excluding carboxylic acids is 1. The van der Waals surface area contributed by atoms with Gasteiger partial charge in [0.1, 0.15) is 5.60 Å². The Balaban J connectivity index is 2.20. The molecule has 0 bridgehead atoms. The van der Waals surface area contributed by atoms with Gasteiger partial charge in [-0.3, -0.25) is 0 Å². The lowest BCUT2D eigenvalue weighted by Crippen LogP contribution is -2.45. The Labute approximate surface area is 133 Å². The number of nitrogens with zero attached hydrogens (tertiary/aromatic N) is 1. The molecule has 1 aromatic carbocycles. The van der Waals surface area contributed by atoms with Crippen LogP contribution in [0.25, 0.3) is 0 Å². The van der Waals surface area contributed by atoms with Crippen molar-refractivity contribution in [1.82, 2.24) is 10.2 Å². The standard InChI is InChI=1S/C16H21F3N2O2/c1-16(2,3)23-15(22)20-12(9-21-7-4-8-21)10-5-6-11(17)14(19)13(10)18/h5-6,12H,4,7-9H2,1-3H3,(H,20,22)/t12-/m1/s1. The van der Waals surface area contributed by atoms with Crippen molar-refractivity contribution in [2.75, 3.05) is 19.6 Å². The third kappa shape index (κ3) is 4.60. The van der Waals surface area contributed by atoms with Crippen molar-refractivity contribution in [2.24, 2.45) is 0 Å². The normalized spacial score (nSPS) is 16.6. The Morgan fingerprint density at radius 1 is 1.26 bits per heavy atom. The van der Waals surface area contributed by atoms with Gasteiger partial charge in [0.25, 0.3) is 0 Å². The Hall–Kier alpha value is -1.76. The molecule has 1 fully saturated rings. The summed E-state index contributed by atoms with van der Waals surface area (Å²) in [6.45, 7) is 7.05. The maximum Gasteiger partial charge on any atom is 0.408 e. The molecule has 4 nitrogen and oxygen atoms in total. The van der Waals surface area contributed by atoms with Crippen LogP contribution >= 0.6 is 0 Å². The van der Waals surface area contributed by atoms with Gasteiger partial charge in [-0.1, -0.05) is 6.07 Å². The molecule has 0 saturated carbocycles. The first kappa shape index (κ1) is 17.6. The van der Waals surface area contributed by atoms with E-state index in [0.717, 1.165) is 31.6 Å². The van der Waals surface area contributed by atoms with Crippen LogP contribution in [0.3, 0.4) is 0 Å². The zero-order chi connectivity index (χ0) is 17.2. The number of alkyl carbamates (subject to hydrolysis) is 1. The number of ether oxygens (including phenoxy) is 1. The number of halogens is 3. The fourth-order valence-corrected chi connectivity index (χ4v) is 2.30. The Bertz CT molecular complexity index is 583. The first-order chi connectivity index (χ1) is 10.7. The molecule has 1 aromatic rings. The van der Waals surface area contributed by atoms with E-state index in [1.54, 1.807) is 20.8 Å². The van der Waals surface area contributed by atoms with Crippen LogP contribution in [-0.4, -0.2) is 36.2 Å². The minimum atomic E-state index is -1.54. The number of hydrogen-bond donors (Lipinski definition) is 1. The summed E-state index contributed by atoms with van der Waals surface area (Å²) in [6, 6.07) is 1.18. The summed E-state index contributed by atoms with van der Waals surface area (Å²) in [7, 11) is 0. The van der Waals surface area contributed by atoms with Crippen molar-refractivity contribution in [1.29, 1.82) is 0 Å². The quantitative estimate of drug-likeness (QED) is 0.861. The molecule has 0 aromatic heterocycles. The minimum Gasteiger partial charge on any atom is -0.444 e. The zero-order valence-corrected chi connectivity index (χ0v) is 13.5. The minimum absolute atomic E-state index is 0.0957. The van der Waals surface area contributed by atoms with Gasteiger partial charge in [-0.15, -0.1) is 0 Å². The summed E-state index contributed by atoms with van der Waals surface area (Å²) in [5.74, 6) is -4.08. The van der Waals surface area contributed by atoms with Crippen molar-refractivity contribution in [3.63, 3.8) is 0 Å². The summed E-state index contributed by atoms with van der Waals surface area (Å²) in [4.78, 5) is 13.9. The summed E-state index contributed by atoms with van der Waals surface area (Å²) >= 11 is 0. The summed E-state index contributed by atoms with van der Waals surface area (Å²) in [6.07, 6.45) is 0.284. The average Bonchev–Trinajstić information content (AvgIpc) is 2.37. The highest BCUT2D eigenvalue weighted by atomic mass is 19.2. The molecule has 0 aliphatic carbocycles. The van der Waals surface area contributed by atoms with E-state index in [-0.39, 0.29) is 5.56 Å². The Morgan fingerprint density at radius 3 is 2.43 bits per heavy atom. The maximum absolute atomic E-state index is 14.0. The lowest BCUT2D eigenvalue weighted by molar-refractivity contribution is 0.0477. The van der Waals surface area contributed by atoms with Gasteiger partial charge in [-0.25, -0.2) is 18.0 Å². The SMILES string of the molecule is CC(C)(C)OC(=O)N[C@H](CN1CCC1)c1ccc(F)c(F)c1F. The number of amides is 1. The van der Waals surface area contributed by atoms with Crippen LogP contribution in [0, 0.1) is 17.5 Å². The van der Waals surface area contributed by atoms with Gasteiger partial charge in [-0.2, -0.15) is 0 Å². The van der Waals surface area contributed by atoms with Crippen molar-refractivity contribution in [3.05, 3.63) is 35.1 Å². The van der Waals surface area contributed by atoms with Crippen LogP contribution in [0.1, 0.15) is 38.8 Å². The molecule has 23 heavy (non-hydrogen) atoms. The number of nitrogens with one attached hydrogen (secondary N) is 1. The van der Waals surface area contributed by atoms with Gasteiger partial charge in [0.05, 0.1) is 6.04 Å². The highest BCUT2D eigenvalue weighted by Gasteiger charge is 2.28. The van der Waals surface area contributed by atoms with Gasteiger partial charge in [0.2, 0.25) is 0 Å². The van der Waals surface area contributed by atoms with Gasteiger partial charge < -0.3 is 15.0 Å². The molecule has 1 amide bonds. The lowest BCUT2D eigenvalue weighted by Gasteiger charge is -2.34. The van der Waals surface area contributed by atoms with Crippen LogP contribution in [-0.2, 0) is 4.74 Å². The first-order valence-corrected chi connectivity index (χ1v) is 7.52. The second-order valence-corrected chi connectivity index (χ2v) is 6.62. The first-order valence-electron chi connectivity index (χ1n) is 7.52. The molecule has 1 aliphatic heterocycles. The van der Waals surface area contributed by atoms with Crippen LogP contribution in [0.5, 0.6) is 0 Å². The Morgan fingerprint density at radius 2 is 1.91 bits per heavy atom. The molecule has 128 valence electrons. The molecule has 1 atom stereocenters. The topological polar surface area (TPSA) is 41.6 Å². The summed E-state index contributed by atoms with van der Waals surface area (Å²) < 4.78 is 45.8. The van der Waals surface area contributed by atoms with Gasteiger partial charge in [0.15, 0.2) is 17.5 Å². The predicted molar refractivity (Wildman–Crippen MR) is 79.5 cm³/mol. The van der Waals surface area contributed by atoms with Crippen LogP contribution < -0.4 is 5.32 Å². The summed E-state index contributed by atoms with van der Waals surface area (Å²) in [5.41, 5.74) is -0.806. The molecular weight excluding hydrogens is 309 g/mol. The number of benzene rings is 1. The second-order valence-electron chi connectivity index (χ2n) is 6.62. The van der Waals surface area contributed by atoms with Crippen LogP contribution in [0.2, 0.25) is 0 Å². The number of hydrogen-bond acceptors (Lipinski definition) is 3. The van der Waals surface area contributed by atoms with Crippen molar-refractivity contribution in [3.8, 4) is 0 Å². The predicted octanol–water partition coefficient (Wildman–Crippen LogP) is 3.38. The monoisotopic (exact) mass is 330 g/mol. The van der Waals surface area contributed by atoms with Crippen molar-refractivity contribution in [2.45, 2.75) is 38.8 Å². The fourth-order valence-electron chi connectivity index (χ4n) is 2.30. The van der Waals surface area contributed by atoms with Crippen LogP contribution in [0.15, 0.2) is 12.1 Å². The Kier molecular flexibility index (Phi) is 5.19. The number of rotatable bonds is 4. The van der Waals surface area contributed by atoms with Gasteiger partial charge in [-0.05, 0) is 46.3 Å². The average molecular weight is 330 g/mol. The number of likely N-dealkylation sites (tertiary alicyclic amines) is 1. The van der Waals surface area contributed by atoms with Crippen molar-refractivity contribution >= 4 is 6.09 Å². The highest BCUT2D eigenvalue weighted by Crippen LogP contribution is 2.24. The van der Waals surface area contributed by atoms with E-state index in [1.807, 2.05) is 4.90 Å². The highest BCUT2D eigenvalue weighted by molar-refractivity contribution is 5.68. The third-order valence-electron chi connectivity index (χ3n) is 3.52. The molecule has 1 saturated heterocycles. The van der Waals surface area contributed by atoms with Gasteiger partial charge >= 0.3 is 6.09 Å². The second kappa shape index (κ2) is 6.78. The number of carbonyl (C=O) groups is 1. The molecule has 2 rings (SSSR count). The zero-order valence-electron chi connectivity index (χ0n) is 13.5. The molecule has 0 radical (unpaired) electrons. The summed E-state index contributed by atoms with van der Waals surface area (Å²) in [5, 5.41) is 2.54. The molecule has 0 unspecified atom stereocenters. The fraction of sp³-hybridized carbons (Fsp3) is 0.562. The molecule has 1 N–H and O–H groups in total. The van der Waals surface area contributed by atoms with E-state index >= 15 is 0 Å². The van der Waals surface area contributed by atoms with Gasteiger partial charge in [0, 0.05) is 12.1 Å². The van der Waals surface area contributed by atoms with E-state index in [4.69, 9.17) is 4.74 Å².